The van der Waals surface area contributed by atoms with Gasteiger partial charge in [-0.2, -0.15) is 9.40 Å². The molecule has 2 rings (SSSR count). The summed E-state index contributed by atoms with van der Waals surface area (Å²) in [5.74, 6) is -1.17. The van der Waals surface area contributed by atoms with Crippen LogP contribution in [0, 0.1) is 13.8 Å². The zero-order chi connectivity index (χ0) is 19.5. The lowest BCUT2D eigenvalue weighted by molar-refractivity contribution is -0.129. The topological polar surface area (TPSA) is 113 Å². The van der Waals surface area contributed by atoms with Crippen LogP contribution in [0.25, 0.3) is 0 Å². The first-order valence-electron chi connectivity index (χ1n) is 7.40. The Hall–Kier alpha value is -1.95. The lowest BCUT2D eigenvalue weighted by Gasteiger charge is -2.16. The van der Waals surface area contributed by atoms with Crippen LogP contribution in [0.3, 0.4) is 0 Å². The van der Waals surface area contributed by atoms with E-state index in [0.29, 0.717) is 4.34 Å². The maximum atomic E-state index is 12.3. The number of carbonyl (C=O) groups excluding carboxylic acids is 2. The van der Waals surface area contributed by atoms with Gasteiger partial charge in [0.15, 0.2) is 0 Å². The lowest BCUT2D eigenvalue weighted by Crippen LogP contribution is -2.47. The van der Waals surface area contributed by atoms with Gasteiger partial charge in [-0.25, -0.2) is 8.42 Å². The Labute approximate surface area is 160 Å². The zero-order valence-corrected chi connectivity index (χ0v) is 16.7. The average molecular weight is 420 g/mol. The molecule has 2 aromatic heterocycles. The van der Waals surface area contributed by atoms with E-state index >= 15 is 0 Å². The number of amides is 2. The predicted octanol–water partition coefficient (Wildman–Crippen LogP) is 0.683. The molecule has 9 nitrogen and oxygen atoms in total. The van der Waals surface area contributed by atoms with E-state index in [0.717, 1.165) is 27.0 Å². The van der Waals surface area contributed by atoms with Crippen molar-refractivity contribution in [2.24, 2.45) is 0 Å². The molecule has 0 unspecified atom stereocenters. The highest BCUT2D eigenvalue weighted by Crippen LogP contribution is 2.27. The molecular formula is C14H18ClN5O4S2. The SMILES string of the molecule is Cc1cc(C)n(CC(=O)NNC(=O)CN(C)S(=O)(=O)c2ccc(Cl)s2)n1. The van der Waals surface area contributed by atoms with Gasteiger partial charge in [-0.05, 0) is 32.0 Å². The standard InChI is InChI=1S/C14H18ClN5O4S2/c1-9-6-10(2)20(18-9)8-13(22)17-16-12(21)7-19(3)26(23,24)14-5-4-11(15)25-14/h4-6H,7-8H2,1-3H3,(H,16,21)(H,17,22). The largest absolute Gasteiger partial charge is 0.272 e. The molecule has 0 aromatic carbocycles. The summed E-state index contributed by atoms with van der Waals surface area (Å²) in [4.78, 5) is 23.7. The normalized spacial score (nSPS) is 11.6. The maximum absolute atomic E-state index is 12.3. The van der Waals surface area contributed by atoms with Crippen molar-refractivity contribution in [1.29, 1.82) is 0 Å². The van der Waals surface area contributed by atoms with Crippen molar-refractivity contribution >= 4 is 44.8 Å². The molecule has 0 radical (unpaired) electrons. The number of nitrogens with one attached hydrogen (secondary N) is 2. The van der Waals surface area contributed by atoms with Crippen molar-refractivity contribution in [2.45, 2.75) is 24.6 Å². The highest BCUT2D eigenvalue weighted by atomic mass is 35.5. The fraction of sp³-hybridized carbons (Fsp3) is 0.357. The van der Waals surface area contributed by atoms with Crippen LogP contribution in [-0.2, 0) is 26.2 Å². The van der Waals surface area contributed by atoms with Crippen molar-refractivity contribution in [3.63, 3.8) is 0 Å². The van der Waals surface area contributed by atoms with Crippen molar-refractivity contribution in [1.82, 2.24) is 24.9 Å². The fourth-order valence-corrected chi connectivity index (χ4v) is 4.89. The summed E-state index contributed by atoms with van der Waals surface area (Å²) in [7, 11) is -2.56. The van der Waals surface area contributed by atoms with Crippen molar-refractivity contribution in [2.75, 3.05) is 13.6 Å². The molecule has 0 bridgehead atoms. The first-order valence-corrected chi connectivity index (χ1v) is 10.0. The van der Waals surface area contributed by atoms with Gasteiger partial charge in [0.1, 0.15) is 10.8 Å². The van der Waals surface area contributed by atoms with E-state index in [1.54, 1.807) is 6.92 Å². The van der Waals surface area contributed by atoms with E-state index in [2.05, 4.69) is 16.0 Å². The van der Waals surface area contributed by atoms with Gasteiger partial charge in [0.25, 0.3) is 21.8 Å². The molecule has 12 heteroatoms. The Morgan fingerprint density at radius 1 is 1.27 bits per heavy atom. The zero-order valence-electron chi connectivity index (χ0n) is 14.3. The van der Waals surface area contributed by atoms with E-state index < -0.39 is 28.4 Å². The number of nitrogens with zero attached hydrogens (tertiary/aromatic N) is 3. The first kappa shape index (κ1) is 20.4. The van der Waals surface area contributed by atoms with Gasteiger partial charge in [-0.1, -0.05) is 11.6 Å². The summed E-state index contributed by atoms with van der Waals surface area (Å²) in [6, 6.07) is 4.65. The summed E-state index contributed by atoms with van der Waals surface area (Å²) < 4.78 is 27.3. The minimum Gasteiger partial charge on any atom is -0.272 e. The Morgan fingerprint density at radius 3 is 2.46 bits per heavy atom. The van der Waals surface area contributed by atoms with Crippen LogP contribution in [0.15, 0.2) is 22.4 Å². The molecule has 2 heterocycles. The van der Waals surface area contributed by atoms with Gasteiger partial charge < -0.3 is 0 Å². The molecule has 0 aliphatic heterocycles. The number of carbonyl (C=O) groups is 2. The van der Waals surface area contributed by atoms with E-state index in [1.807, 2.05) is 13.0 Å². The number of sulfonamides is 1. The molecule has 0 aliphatic rings. The second-order valence-electron chi connectivity index (χ2n) is 5.50. The number of aryl methyl sites for hydroxylation is 2. The third-order valence-corrected chi connectivity index (χ3v) is 6.82. The highest BCUT2D eigenvalue weighted by molar-refractivity contribution is 7.91. The van der Waals surface area contributed by atoms with Crippen LogP contribution in [0.2, 0.25) is 4.34 Å². The van der Waals surface area contributed by atoms with Gasteiger partial charge in [-0.3, -0.25) is 25.1 Å². The Balaban J connectivity index is 1.86. The Kier molecular flexibility index (Phi) is 6.39. The fourth-order valence-electron chi connectivity index (χ4n) is 2.07. The Morgan fingerprint density at radius 2 is 1.92 bits per heavy atom. The number of rotatable bonds is 6. The van der Waals surface area contributed by atoms with Crippen molar-refractivity contribution in [3.05, 3.63) is 33.9 Å². The third-order valence-electron chi connectivity index (χ3n) is 3.32. The minimum absolute atomic E-state index is 0.0337. The first-order chi connectivity index (χ1) is 12.1. The van der Waals surface area contributed by atoms with Crippen LogP contribution in [0.1, 0.15) is 11.4 Å². The van der Waals surface area contributed by atoms with Crippen molar-refractivity contribution in [3.8, 4) is 0 Å². The van der Waals surface area contributed by atoms with E-state index in [-0.39, 0.29) is 10.8 Å². The molecule has 2 amide bonds. The third kappa shape index (κ3) is 5.04. The number of likely N-dealkylation sites (N-methyl/N-ethyl adjacent to an activating group) is 1. The number of hydrogen-bond donors (Lipinski definition) is 2. The molecule has 0 atom stereocenters. The second kappa shape index (κ2) is 8.16. The smallest absolute Gasteiger partial charge is 0.260 e. The quantitative estimate of drug-likeness (QED) is 0.668. The van der Waals surface area contributed by atoms with Crippen LogP contribution in [0.4, 0.5) is 0 Å². The lowest BCUT2D eigenvalue weighted by atomic mass is 10.4. The van der Waals surface area contributed by atoms with Crippen LogP contribution in [-0.4, -0.2) is 47.9 Å². The van der Waals surface area contributed by atoms with Gasteiger partial charge >= 0.3 is 0 Å². The number of hydrogen-bond acceptors (Lipinski definition) is 6. The van der Waals surface area contributed by atoms with Gasteiger partial charge in [0.05, 0.1) is 16.6 Å². The van der Waals surface area contributed by atoms with Crippen molar-refractivity contribution < 1.29 is 18.0 Å². The summed E-state index contributed by atoms with van der Waals surface area (Å²) in [6.45, 7) is 3.09. The summed E-state index contributed by atoms with van der Waals surface area (Å²) in [5, 5.41) is 4.14. The highest BCUT2D eigenvalue weighted by Gasteiger charge is 2.24. The van der Waals surface area contributed by atoms with Gasteiger partial charge in [0.2, 0.25) is 0 Å². The number of halogens is 1. The number of thiophene rings is 1. The van der Waals surface area contributed by atoms with Gasteiger partial charge in [0, 0.05) is 12.7 Å². The summed E-state index contributed by atoms with van der Waals surface area (Å²) >= 11 is 6.64. The molecular weight excluding hydrogens is 402 g/mol. The van der Waals surface area contributed by atoms with Crippen LogP contribution in [0.5, 0.6) is 0 Å². The monoisotopic (exact) mass is 419 g/mol. The van der Waals surface area contributed by atoms with Crippen LogP contribution < -0.4 is 10.9 Å². The van der Waals surface area contributed by atoms with E-state index in [4.69, 9.17) is 11.6 Å². The molecule has 142 valence electrons. The maximum Gasteiger partial charge on any atom is 0.260 e. The molecule has 26 heavy (non-hydrogen) atoms. The van der Waals surface area contributed by atoms with E-state index in [9.17, 15) is 18.0 Å². The molecule has 0 aliphatic carbocycles. The Bertz CT molecular complexity index is 922. The minimum atomic E-state index is -3.82. The predicted molar refractivity (Wildman–Crippen MR) is 97.1 cm³/mol. The number of aromatic nitrogens is 2. The number of hydrazine groups is 1. The molecule has 2 aromatic rings. The summed E-state index contributed by atoms with van der Waals surface area (Å²) in [6.07, 6.45) is 0. The molecule has 0 fully saturated rings. The van der Waals surface area contributed by atoms with E-state index in [1.165, 1.54) is 23.9 Å². The second-order valence-corrected chi connectivity index (χ2v) is 9.49. The van der Waals surface area contributed by atoms with Crippen LogP contribution >= 0.6 is 22.9 Å². The van der Waals surface area contributed by atoms with Gasteiger partial charge in [-0.15, -0.1) is 11.3 Å². The average Bonchev–Trinajstić information content (AvgIpc) is 3.11. The molecule has 0 saturated carbocycles. The summed E-state index contributed by atoms with van der Waals surface area (Å²) in [5.41, 5.74) is 6.00. The molecule has 0 spiro atoms. The molecule has 2 N–H and O–H groups in total. The molecule has 0 saturated heterocycles.